The Morgan fingerprint density at radius 2 is 2.21 bits per heavy atom. The van der Waals surface area contributed by atoms with Gasteiger partial charge >= 0.3 is 6.03 Å². The van der Waals surface area contributed by atoms with Crippen LogP contribution in [0, 0.1) is 31.1 Å². The van der Waals surface area contributed by atoms with E-state index in [0.29, 0.717) is 29.5 Å². The lowest BCUT2D eigenvalue weighted by Gasteiger charge is -2.25. The Balaban J connectivity index is 2.16. The van der Waals surface area contributed by atoms with Gasteiger partial charge in [0.1, 0.15) is 17.5 Å². The second-order valence-corrected chi connectivity index (χ2v) is 5.62. The van der Waals surface area contributed by atoms with Crippen molar-refractivity contribution in [2.75, 3.05) is 16.9 Å². The summed E-state index contributed by atoms with van der Waals surface area (Å²) >= 11 is 0. The molecule has 0 aliphatic rings. The molecule has 2 rings (SSSR count). The van der Waals surface area contributed by atoms with E-state index in [2.05, 4.69) is 25.9 Å². The molecule has 126 valence electrons. The zero-order valence-electron chi connectivity index (χ0n) is 14.0. The number of aryl methyl sites for hydroxylation is 2. The highest BCUT2D eigenvalue weighted by atomic mass is 16.5. The Bertz CT molecular complexity index is 744. The van der Waals surface area contributed by atoms with Crippen LogP contribution in [0.25, 0.3) is 0 Å². The SMILES string of the molecule is Cc1noc(C)c1NC(=O)NN(CC(C)C)c1ccnc(C#N)n1. The minimum Gasteiger partial charge on any atom is -0.359 e. The number of nitrogens with zero attached hydrogens (tertiary/aromatic N) is 5. The van der Waals surface area contributed by atoms with E-state index in [-0.39, 0.29) is 11.7 Å². The molecule has 2 aromatic heterocycles. The van der Waals surface area contributed by atoms with Gasteiger partial charge < -0.3 is 9.84 Å². The molecule has 2 heterocycles. The molecule has 0 spiro atoms. The highest BCUT2D eigenvalue weighted by Gasteiger charge is 2.17. The topological polar surface area (TPSA) is 120 Å². The van der Waals surface area contributed by atoms with Crippen molar-refractivity contribution in [3.05, 3.63) is 29.5 Å². The lowest BCUT2D eigenvalue weighted by Crippen LogP contribution is -2.47. The molecule has 0 radical (unpaired) electrons. The van der Waals surface area contributed by atoms with Crippen LogP contribution in [0.15, 0.2) is 16.8 Å². The second kappa shape index (κ2) is 7.41. The molecule has 0 aliphatic carbocycles. The van der Waals surface area contributed by atoms with Crippen LogP contribution in [0.5, 0.6) is 0 Å². The number of hydrogen-bond acceptors (Lipinski definition) is 7. The predicted molar refractivity (Wildman–Crippen MR) is 87.1 cm³/mol. The molecule has 0 atom stereocenters. The van der Waals surface area contributed by atoms with E-state index in [4.69, 9.17) is 9.78 Å². The van der Waals surface area contributed by atoms with Gasteiger partial charge in [0.05, 0.1) is 0 Å². The van der Waals surface area contributed by atoms with Crippen LogP contribution in [-0.4, -0.2) is 27.7 Å². The van der Waals surface area contributed by atoms with E-state index in [9.17, 15) is 4.79 Å². The largest absolute Gasteiger partial charge is 0.359 e. The first-order valence-electron chi connectivity index (χ1n) is 7.42. The smallest absolute Gasteiger partial charge is 0.338 e. The molecule has 0 bridgehead atoms. The van der Waals surface area contributed by atoms with E-state index in [1.807, 2.05) is 19.9 Å². The minimum absolute atomic E-state index is 0.0363. The predicted octanol–water partition coefficient (Wildman–Crippen LogP) is 2.15. The van der Waals surface area contributed by atoms with Gasteiger partial charge in [-0.15, -0.1) is 0 Å². The molecule has 24 heavy (non-hydrogen) atoms. The molecule has 0 fully saturated rings. The average Bonchev–Trinajstić information content (AvgIpc) is 2.86. The van der Waals surface area contributed by atoms with E-state index in [1.165, 1.54) is 6.20 Å². The summed E-state index contributed by atoms with van der Waals surface area (Å²) in [7, 11) is 0. The molecule has 2 amide bonds. The molecule has 0 saturated heterocycles. The van der Waals surface area contributed by atoms with E-state index >= 15 is 0 Å². The van der Waals surface area contributed by atoms with Crippen molar-refractivity contribution in [3.63, 3.8) is 0 Å². The highest BCUT2D eigenvalue weighted by Crippen LogP contribution is 2.18. The fourth-order valence-corrected chi connectivity index (χ4v) is 2.04. The monoisotopic (exact) mass is 329 g/mol. The molecule has 0 saturated carbocycles. The maximum atomic E-state index is 12.3. The van der Waals surface area contributed by atoms with Gasteiger partial charge in [0.15, 0.2) is 11.6 Å². The first-order valence-corrected chi connectivity index (χ1v) is 7.42. The average molecular weight is 329 g/mol. The van der Waals surface area contributed by atoms with Gasteiger partial charge in [-0.2, -0.15) is 10.2 Å². The number of urea groups is 1. The molecule has 0 aliphatic heterocycles. The summed E-state index contributed by atoms with van der Waals surface area (Å²) in [6.45, 7) is 7.98. The fraction of sp³-hybridized carbons (Fsp3) is 0.400. The van der Waals surface area contributed by atoms with Gasteiger partial charge in [-0.3, -0.25) is 5.01 Å². The van der Waals surface area contributed by atoms with E-state index in [1.54, 1.807) is 24.9 Å². The van der Waals surface area contributed by atoms with Crippen LogP contribution in [0.1, 0.15) is 31.1 Å². The molecule has 0 unspecified atom stereocenters. The third kappa shape index (κ3) is 4.19. The zero-order chi connectivity index (χ0) is 17.7. The number of carbonyl (C=O) groups excluding carboxylic acids is 1. The van der Waals surface area contributed by atoms with Crippen LogP contribution in [0.3, 0.4) is 0 Å². The Morgan fingerprint density at radius 1 is 1.46 bits per heavy atom. The number of hydrogen-bond donors (Lipinski definition) is 2. The Morgan fingerprint density at radius 3 is 2.79 bits per heavy atom. The summed E-state index contributed by atoms with van der Waals surface area (Å²) in [6, 6.07) is 3.05. The summed E-state index contributed by atoms with van der Waals surface area (Å²) in [5.74, 6) is 1.25. The molecule has 9 nitrogen and oxygen atoms in total. The Labute approximate surface area is 139 Å². The second-order valence-electron chi connectivity index (χ2n) is 5.62. The van der Waals surface area contributed by atoms with Crippen LogP contribution in [-0.2, 0) is 0 Å². The van der Waals surface area contributed by atoms with Crippen molar-refractivity contribution in [2.24, 2.45) is 5.92 Å². The van der Waals surface area contributed by atoms with E-state index in [0.717, 1.165) is 0 Å². The van der Waals surface area contributed by atoms with Crippen molar-refractivity contribution >= 4 is 17.5 Å². The first-order chi connectivity index (χ1) is 11.4. The number of amides is 2. The Hall–Kier alpha value is -3.15. The van der Waals surface area contributed by atoms with Crippen molar-refractivity contribution in [3.8, 4) is 6.07 Å². The fourth-order valence-electron chi connectivity index (χ4n) is 2.04. The van der Waals surface area contributed by atoms with Crippen molar-refractivity contribution < 1.29 is 9.32 Å². The maximum Gasteiger partial charge on any atom is 0.338 e. The van der Waals surface area contributed by atoms with Crippen LogP contribution >= 0.6 is 0 Å². The molecule has 2 aromatic rings. The van der Waals surface area contributed by atoms with Gasteiger partial charge in [-0.1, -0.05) is 19.0 Å². The van der Waals surface area contributed by atoms with Gasteiger partial charge in [0.2, 0.25) is 5.82 Å². The maximum absolute atomic E-state index is 12.3. The molecule has 0 aromatic carbocycles. The molecular weight excluding hydrogens is 310 g/mol. The zero-order valence-corrected chi connectivity index (χ0v) is 14.0. The number of aromatic nitrogens is 3. The normalized spacial score (nSPS) is 10.3. The number of anilines is 2. The number of rotatable bonds is 5. The third-order valence-corrected chi connectivity index (χ3v) is 3.07. The van der Waals surface area contributed by atoms with Crippen molar-refractivity contribution in [2.45, 2.75) is 27.7 Å². The number of nitriles is 1. The minimum atomic E-state index is -0.456. The Kier molecular flexibility index (Phi) is 5.31. The standard InChI is InChI=1S/C15H19N7O2/c1-9(2)8-22(13-5-6-17-12(7-16)18-13)20-15(23)19-14-10(3)21-24-11(14)4/h5-6,9H,8H2,1-4H3,(H2,19,20,23). The molecule has 2 N–H and O–H groups in total. The molecular formula is C15H19N7O2. The van der Waals surface area contributed by atoms with Gasteiger partial charge in [0, 0.05) is 18.8 Å². The summed E-state index contributed by atoms with van der Waals surface area (Å²) in [5.41, 5.74) is 3.84. The van der Waals surface area contributed by atoms with Crippen LogP contribution in [0.4, 0.5) is 16.3 Å². The van der Waals surface area contributed by atoms with Gasteiger partial charge in [-0.05, 0) is 19.8 Å². The highest BCUT2D eigenvalue weighted by molar-refractivity contribution is 5.91. The summed E-state index contributed by atoms with van der Waals surface area (Å²) < 4.78 is 5.02. The van der Waals surface area contributed by atoms with Crippen LogP contribution in [0.2, 0.25) is 0 Å². The number of hydrazine groups is 1. The summed E-state index contributed by atoms with van der Waals surface area (Å²) in [4.78, 5) is 20.2. The quantitative estimate of drug-likeness (QED) is 0.806. The van der Waals surface area contributed by atoms with E-state index < -0.39 is 6.03 Å². The number of nitrogens with one attached hydrogen (secondary N) is 2. The summed E-state index contributed by atoms with van der Waals surface area (Å²) in [6.07, 6.45) is 1.47. The summed E-state index contributed by atoms with van der Waals surface area (Å²) in [5, 5.41) is 17.0. The third-order valence-electron chi connectivity index (χ3n) is 3.07. The lowest BCUT2D eigenvalue weighted by atomic mass is 10.2. The van der Waals surface area contributed by atoms with Gasteiger partial charge in [-0.25, -0.2) is 15.2 Å². The number of carbonyl (C=O) groups is 1. The van der Waals surface area contributed by atoms with Crippen LogP contribution < -0.4 is 15.8 Å². The first kappa shape index (κ1) is 17.2. The van der Waals surface area contributed by atoms with Gasteiger partial charge in [0.25, 0.3) is 0 Å². The lowest BCUT2D eigenvalue weighted by molar-refractivity contribution is 0.250. The van der Waals surface area contributed by atoms with Crippen molar-refractivity contribution in [1.82, 2.24) is 20.6 Å². The molecule has 9 heteroatoms. The van der Waals surface area contributed by atoms with Crippen molar-refractivity contribution in [1.29, 1.82) is 5.26 Å².